The number of benzene rings is 2. The van der Waals surface area contributed by atoms with Crippen LogP contribution in [0.5, 0.6) is 11.5 Å². The Morgan fingerprint density at radius 1 is 1.10 bits per heavy atom. The van der Waals surface area contributed by atoms with E-state index < -0.39 is 5.97 Å². The molecule has 0 heterocycles. The van der Waals surface area contributed by atoms with Crippen molar-refractivity contribution in [2.75, 3.05) is 27.9 Å². The topological polar surface area (TPSA) is 81.2 Å². The van der Waals surface area contributed by atoms with Crippen LogP contribution in [0.2, 0.25) is 0 Å². The number of rotatable bonds is 9. The predicted octanol–water partition coefficient (Wildman–Crippen LogP) is 3.53. The molecule has 0 saturated heterocycles. The molecule has 0 aliphatic heterocycles. The molecular weight excluding hydrogens is 497 g/mol. The molecular formula is C22H28IN3O4. The fourth-order valence-electron chi connectivity index (χ4n) is 2.66. The molecule has 0 atom stereocenters. The number of hydrogen-bond acceptors (Lipinski definition) is 5. The van der Waals surface area contributed by atoms with Gasteiger partial charge in [0.25, 0.3) is 0 Å². The van der Waals surface area contributed by atoms with Crippen molar-refractivity contribution in [3.05, 3.63) is 71.8 Å². The van der Waals surface area contributed by atoms with Crippen molar-refractivity contribution in [3.8, 4) is 11.5 Å². The van der Waals surface area contributed by atoms with Crippen molar-refractivity contribution in [2.24, 2.45) is 4.99 Å². The molecule has 0 aromatic heterocycles. The lowest BCUT2D eigenvalue weighted by atomic mass is 10.1. The molecule has 2 rings (SSSR count). The van der Waals surface area contributed by atoms with Gasteiger partial charge in [-0.05, 0) is 23.8 Å². The average Bonchev–Trinajstić information content (AvgIpc) is 2.77. The third-order valence-corrected chi connectivity index (χ3v) is 4.13. The molecule has 0 fully saturated rings. The van der Waals surface area contributed by atoms with E-state index in [1.807, 2.05) is 30.3 Å². The number of methoxy groups -OCH3 is 2. The van der Waals surface area contributed by atoms with Crippen LogP contribution >= 0.6 is 24.0 Å². The molecule has 0 aliphatic rings. The van der Waals surface area contributed by atoms with Gasteiger partial charge in [-0.2, -0.15) is 0 Å². The number of guanidine groups is 1. The summed E-state index contributed by atoms with van der Waals surface area (Å²) in [7, 11) is 4.56. The zero-order chi connectivity index (χ0) is 21.1. The lowest BCUT2D eigenvalue weighted by molar-refractivity contribution is 0.0597. The maximum atomic E-state index is 11.9. The van der Waals surface area contributed by atoms with Gasteiger partial charge < -0.3 is 24.8 Å². The van der Waals surface area contributed by atoms with Gasteiger partial charge in [-0.1, -0.05) is 36.9 Å². The Balaban J connectivity index is 0.00000450. The van der Waals surface area contributed by atoms with E-state index in [4.69, 9.17) is 14.2 Å². The number of halogens is 1. The maximum Gasteiger partial charge on any atom is 0.341 e. The van der Waals surface area contributed by atoms with Gasteiger partial charge in [-0.3, -0.25) is 4.99 Å². The molecule has 2 aromatic rings. The summed E-state index contributed by atoms with van der Waals surface area (Å²) in [5.74, 6) is 1.45. The highest BCUT2D eigenvalue weighted by molar-refractivity contribution is 14.0. The molecule has 0 aliphatic carbocycles. The SMILES string of the molecule is C=CCOc1ccccc1CNC(=NC)NCc1ccc(OC)c(C(=O)OC)c1.I. The molecule has 0 bridgehead atoms. The molecule has 8 heteroatoms. The summed E-state index contributed by atoms with van der Waals surface area (Å²) >= 11 is 0. The predicted molar refractivity (Wildman–Crippen MR) is 129 cm³/mol. The summed E-state index contributed by atoms with van der Waals surface area (Å²) in [4.78, 5) is 16.2. The molecule has 30 heavy (non-hydrogen) atoms. The molecule has 0 spiro atoms. The summed E-state index contributed by atoms with van der Waals surface area (Å²) in [5.41, 5.74) is 2.28. The third-order valence-electron chi connectivity index (χ3n) is 4.13. The first kappa shape index (κ1) is 25.3. The van der Waals surface area contributed by atoms with Gasteiger partial charge in [0, 0.05) is 25.7 Å². The molecule has 162 valence electrons. The Morgan fingerprint density at radius 2 is 1.83 bits per heavy atom. The molecule has 2 N–H and O–H groups in total. The van der Waals surface area contributed by atoms with Crippen LogP contribution in [0.1, 0.15) is 21.5 Å². The number of aliphatic imine (C=N–C) groups is 1. The summed E-state index contributed by atoms with van der Waals surface area (Å²) in [6.45, 7) is 5.14. The molecule has 0 radical (unpaired) electrons. The second kappa shape index (κ2) is 13.5. The summed E-state index contributed by atoms with van der Waals surface area (Å²) in [6, 6.07) is 13.2. The van der Waals surface area contributed by atoms with Crippen LogP contribution in [0.3, 0.4) is 0 Å². The summed E-state index contributed by atoms with van der Waals surface area (Å²) in [5, 5.41) is 6.49. The highest BCUT2D eigenvalue weighted by Gasteiger charge is 2.13. The van der Waals surface area contributed by atoms with Gasteiger partial charge in [0.15, 0.2) is 5.96 Å². The quantitative estimate of drug-likeness (QED) is 0.172. The van der Waals surface area contributed by atoms with Crippen LogP contribution in [0.4, 0.5) is 0 Å². The highest BCUT2D eigenvalue weighted by Crippen LogP contribution is 2.21. The van der Waals surface area contributed by atoms with E-state index in [-0.39, 0.29) is 24.0 Å². The second-order valence-electron chi connectivity index (χ2n) is 6.01. The van der Waals surface area contributed by atoms with Gasteiger partial charge >= 0.3 is 5.97 Å². The minimum atomic E-state index is -0.442. The molecule has 7 nitrogen and oxygen atoms in total. The van der Waals surface area contributed by atoms with E-state index in [0.29, 0.717) is 37.0 Å². The monoisotopic (exact) mass is 525 g/mol. The number of nitrogens with one attached hydrogen (secondary N) is 2. The molecule has 2 aromatic carbocycles. The number of carbonyl (C=O) groups excluding carboxylic acids is 1. The Hall–Kier alpha value is -2.75. The van der Waals surface area contributed by atoms with Gasteiger partial charge in [0.2, 0.25) is 0 Å². The fraction of sp³-hybridized carbons (Fsp3) is 0.273. The number of hydrogen-bond donors (Lipinski definition) is 2. The summed E-state index contributed by atoms with van der Waals surface area (Å²) < 4.78 is 15.7. The van der Waals surface area contributed by atoms with Crippen LogP contribution in [0, 0.1) is 0 Å². The third kappa shape index (κ3) is 7.25. The largest absolute Gasteiger partial charge is 0.496 e. The van der Waals surface area contributed by atoms with E-state index in [1.165, 1.54) is 14.2 Å². The van der Waals surface area contributed by atoms with Crippen LogP contribution in [0.25, 0.3) is 0 Å². The Bertz CT molecular complexity index is 871. The van der Waals surface area contributed by atoms with Gasteiger partial charge in [-0.15, -0.1) is 24.0 Å². The lowest BCUT2D eigenvalue weighted by Gasteiger charge is -2.15. The Labute approximate surface area is 194 Å². The Morgan fingerprint density at radius 3 is 2.50 bits per heavy atom. The minimum Gasteiger partial charge on any atom is -0.496 e. The highest BCUT2D eigenvalue weighted by atomic mass is 127. The first-order chi connectivity index (χ1) is 14.1. The number of nitrogens with zero attached hydrogens (tertiary/aromatic N) is 1. The van der Waals surface area contributed by atoms with Gasteiger partial charge in [0.1, 0.15) is 23.7 Å². The second-order valence-corrected chi connectivity index (χ2v) is 6.01. The van der Waals surface area contributed by atoms with Crippen LogP contribution < -0.4 is 20.1 Å². The maximum absolute atomic E-state index is 11.9. The van der Waals surface area contributed by atoms with Gasteiger partial charge in [0.05, 0.1) is 14.2 Å². The summed E-state index contributed by atoms with van der Waals surface area (Å²) in [6.07, 6.45) is 1.71. The fourth-order valence-corrected chi connectivity index (χ4v) is 2.66. The van der Waals surface area contributed by atoms with Crippen LogP contribution in [0.15, 0.2) is 60.1 Å². The zero-order valence-electron chi connectivity index (χ0n) is 17.4. The standard InChI is InChI=1S/C22H27N3O4.HI/c1-5-12-29-19-9-7-6-8-17(19)15-25-22(23-2)24-14-16-10-11-20(27-3)18(13-16)21(26)28-4;/h5-11,13H,1,12,14-15H2,2-4H3,(H2,23,24,25);1H. The van der Waals surface area contributed by atoms with Gasteiger partial charge in [-0.25, -0.2) is 4.79 Å². The zero-order valence-corrected chi connectivity index (χ0v) is 19.8. The van der Waals surface area contributed by atoms with Crippen LogP contribution in [-0.4, -0.2) is 39.8 Å². The molecule has 0 saturated carbocycles. The first-order valence-electron chi connectivity index (χ1n) is 9.14. The molecule has 0 unspecified atom stereocenters. The number of esters is 1. The van der Waals surface area contributed by atoms with E-state index in [9.17, 15) is 4.79 Å². The normalized spacial score (nSPS) is 10.4. The van der Waals surface area contributed by atoms with E-state index in [0.717, 1.165) is 16.9 Å². The number of para-hydroxylation sites is 1. The van der Waals surface area contributed by atoms with Crippen molar-refractivity contribution in [2.45, 2.75) is 13.1 Å². The lowest BCUT2D eigenvalue weighted by Crippen LogP contribution is -2.36. The first-order valence-corrected chi connectivity index (χ1v) is 9.14. The van der Waals surface area contributed by atoms with E-state index in [1.54, 1.807) is 25.3 Å². The smallest absolute Gasteiger partial charge is 0.341 e. The van der Waals surface area contributed by atoms with Crippen molar-refractivity contribution in [1.29, 1.82) is 0 Å². The Kier molecular flexibility index (Phi) is 11.4. The minimum absolute atomic E-state index is 0. The van der Waals surface area contributed by atoms with Crippen molar-refractivity contribution < 1.29 is 19.0 Å². The van der Waals surface area contributed by atoms with Crippen molar-refractivity contribution >= 4 is 35.9 Å². The number of carbonyl (C=O) groups is 1. The van der Waals surface area contributed by atoms with Crippen LogP contribution in [-0.2, 0) is 17.8 Å². The van der Waals surface area contributed by atoms with E-state index >= 15 is 0 Å². The number of ether oxygens (including phenoxy) is 3. The van der Waals surface area contributed by atoms with E-state index in [2.05, 4.69) is 22.2 Å². The average molecular weight is 525 g/mol. The van der Waals surface area contributed by atoms with Crippen molar-refractivity contribution in [3.63, 3.8) is 0 Å². The molecule has 0 amide bonds. The van der Waals surface area contributed by atoms with Crippen molar-refractivity contribution in [1.82, 2.24) is 10.6 Å².